The molecule has 20 heavy (non-hydrogen) atoms. The number of ether oxygens (including phenoxy) is 1. The van der Waals surface area contributed by atoms with Crippen molar-refractivity contribution in [2.75, 3.05) is 0 Å². The minimum absolute atomic E-state index is 0.265. The normalized spacial score (nSPS) is 10.6. The first-order valence-corrected chi connectivity index (χ1v) is 6.92. The van der Waals surface area contributed by atoms with Crippen molar-refractivity contribution in [3.05, 3.63) is 65.0 Å². The highest BCUT2D eigenvalue weighted by Crippen LogP contribution is 2.17. The highest BCUT2D eigenvalue weighted by Gasteiger charge is 2.04. The molecule has 0 saturated carbocycles. The Morgan fingerprint density at radius 1 is 1.05 bits per heavy atom. The van der Waals surface area contributed by atoms with E-state index in [-0.39, 0.29) is 5.82 Å². The van der Waals surface area contributed by atoms with E-state index in [0.29, 0.717) is 13.2 Å². The van der Waals surface area contributed by atoms with E-state index in [9.17, 15) is 4.39 Å². The molecule has 2 aromatic rings. The first-order valence-electron chi connectivity index (χ1n) is 6.92. The lowest BCUT2D eigenvalue weighted by molar-refractivity contribution is 0.304. The Balaban J connectivity index is 2.02. The summed E-state index contributed by atoms with van der Waals surface area (Å²) in [5, 5.41) is 0. The maximum atomic E-state index is 13.3. The van der Waals surface area contributed by atoms with Crippen LogP contribution >= 0.6 is 0 Å². The van der Waals surface area contributed by atoms with E-state index in [0.717, 1.165) is 29.7 Å². The summed E-state index contributed by atoms with van der Waals surface area (Å²) >= 11 is 0. The maximum absolute atomic E-state index is 13.3. The first kappa shape index (κ1) is 14.5. The molecule has 0 aliphatic heterocycles. The van der Waals surface area contributed by atoms with Crippen molar-refractivity contribution < 1.29 is 9.13 Å². The average Bonchev–Trinajstić information content (AvgIpc) is 2.47. The molecular weight excluding hydrogens is 253 g/mol. The van der Waals surface area contributed by atoms with Crippen LogP contribution in [0, 0.1) is 5.82 Å². The topological polar surface area (TPSA) is 35.2 Å². The fourth-order valence-corrected chi connectivity index (χ4v) is 2.13. The van der Waals surface area contributed by atoms with Crippen molar-refractivity contribution >= 4 is 0 Å². The lowest BCUT2D eigenvalue weighted by atomic mass is 10.1. The monoisotopic (exact) mass is 273 g/mol. The van der Waals surface area contributed by atoms with Gasteiger partial charge in [-0.05, 0) is 47.4 Å². The smallest absolute Gasteiger partial charge is 0.123 e. The molecule has 2 nitrogen and oxygen atoms in total. The zero-order chi connectivity index (χ0) is 14.4. The Kier molecular flexibility index (Phi) is 5.13. The third kappa shape index (κ3) is 3.81. The van der Waals surface area contributed by atoms with Crippen LogP contribution in [0.25, 0.3) is 0 Å². The zero-order valence-electron chi connectivity index (χ0n) is 11.7. The number of halogens is 1. The quantitative estimate of drug-likeness (QED) is 0.868. The van der Waals surface area contributed by atoms with E-state index in [1.54, 1.807) is 6.07 Å². The van der Waals surface area contributed by atoms with E-state index in [1.807, 2.05) is 12.1 Å². The molecule has 0 aromatic heterocycles. The number of hydrogen-bond donors (Lipinski definition) is 1. The van der Waals surface area contributed by atoms with E-state index in [2.05, 4.69) is 19.1 Å². The summed E-state index contributed by atoms with van der Waals surface area (Å²) < 4.78 is 19.0. The molecule has 0 atom stereocenters. The van der Waals surface area contributed by atoms with Gasteiger partial charge in [0.25, 0.3) is 0 Å². The van der Waals surface area contributed by atoms with Gasteiger partial charge in [0.05, 0.1) is 0 Å². The number of aryl methyl sites for hydroxylation is 1. The summed E-state index contributed by atoms with van der Waals surface area (Å²) in [5.41, 5.74) is 8.65. The molecule has 0 spiro atoms. The lowest BCUT2D eigenvalue weighted by Gasteiger charge is -2.10. The largest absolute Gasteiger partial charge is 0.489 e. The Morgan fingerprint density at radius 2 is 1.80 bits per heavy atom. The average molecular weight is 273 g/mol. The fourth-order valence-electron chi connectivity index (χ4n) is 2.13. The minimum atomic E-state index is -0.265. The summed E-state index contributed by atoms with van der Waals surface area (Å²) in [7, 11) is 0. The van der Waals surface area contributed by atoms with Crippen LogP contribution in [0.1, 0.15) is 30.0 Å². The number of rotatable bonds is 6. The van der Waals surface area contributed by atoms with E-state index >= 15 is 0 Å². The molecule has 0 unspecified atom stereocenters. The highest BCUT2D eigenvalue weighted by atomic mass is 19.1. The molecule has 0 bridgehead atoms. The van der Waals surface area contributed by atoms with Crippen LogP contribution in [-0.2, 0) is 19.6 Å². The van der Waals surface area contributed by atoms with Gasteiger partial charge in [0, 0.05) is 6.54 Å². The number of nitrogens with two attached hydrogens (primary N) is 1. The Bertz CT molecular complexity index is 551. The van der Waals surface area contributed by atoms with Crippen LogP contribution in [0.15, 0.2) is 42.5 Å². The van der Waals surface area contributed by atoms with Crippen molar-refractivity contribution in [2.45, 2.75) is 32.9 Å². The van der Waals surface area contributed by atoms with Gasteiger partial charge in [-0.1, -0.05) is 31.5 Å². The Morgan fingerprint density at radius 3 is 2.45 bits per heavy atom. The van der Waals surface area contributed by atoms with Crippen LogP contribution in [0.2, 0.25) is 0 Å². The molecule has 2 rings (SSSR count). The molecule has 2 aromatic carbocycles. The molecule has 0 aliphatic rings. The molecular formula is C17H20FNO. The van der Waals surface area contributed by atoms with E-state index in [4.69, 9.17) is 10.5 Å². The van der Waals surface area contributed by atoms with Gasteiger partial charge in [-0.3, -0.25) is 0 Å². The molecule has 2 N–H and O–H groups in total. The molecule has 0 fully saturated rings. The Labute approximate surface area is 119 Å². The molecule has 0 amide bonds. The third-order valence-corrected chi connectivity index (χ3v) is 3.24. The molecule has 0 saturated heterocycles. The van der Waals surface area contributed by atoms with Gasteiger partial charge in [-0.15, -0.1) is 0 Å². The lowest BCUT2D eigenvalue weighted by Crippen LogP contribution is -2.05. The fraction of sp³-hybridized carbons (Fsp3) is 0.294. The van der Waals surface area contributed by atoms with E-state index in [1.165, 1.54) is 17.7 Å². The Hall–Kier alpha value is -1.87. The predicted molar refractivity (Wildman–Crippen MR) is 79.1 cm³/mol. The second kappa shape index (κ2) is 7.06. The van der Waals surface area contributed by atoms with Crippen molar-refractivity contribution in [3.8, 4) is 5.75 Å². The van der Waals surface area contributed by atoms with Gasteiger partial charge in [0.1, 0.15) is 18.2 Å². The SMILES string of the molecule is CCCc1ccc(OCc2cc(F)ccc2CN)cc1. The van der Waals surface area contributed by atoms with Gasteiger partial charge in [0.15, 0.2) is 0 Å². The number of hydrogen-bond acceptors (Lipinski definition) is 2. The zero-order valence-corrected chi connectivity index (χ0v) is 11.7. The summed E-state index contributed by atoms with van der Waals surface area (Å²) in [4.78, 5) is 0. The van der Waals surface area contributed by atoms with Crippen LogP contribution in [-0.4, -0.2) is 0 Å². The van der Waals surface area contributed by atoms with Crippen molar-refractivity contribution in [1.29, 1.82) is 0 Å². The summed E-state index contributed by atoms with van der Waals surface area (Å²) in [6, 6.07) is 12.6. The van der Waals surface area contributed by atoms with Gasteiger partial charge in [-0.2, -0.15) is 0 Å². The summed E-state index contributed by atoms with van der Waals surface area (Å²) in [6.45, 7) is 2.87. The highest BCUT2D eigenvalue weighted by molar-refractivity contribution is 5.30. The minimum Gasteiger partial charge on any atom is -0.489 e. The van der Waals surface area contributed by atoms with Gasteiger partial charge in [-0.25, -0.2) is 4.39 Å². The van der Waals surface area contributed by atoms with Gasteiger partial charge >= 0.3 is 0 Å². The van der Waals surface area contributed by atoms with Crippen LogP contribution in [0.4, 0.5) is 4.39 Å². The molecule has 0 radical (unpaired) electrons. The van der Waals surface area contributed by atoms with Gasteiger partial charge < -0.3 is 10.5 Å². The summed E-state index contributed by atoms with van der Waals surface area (Å²) in [5.74, 6) is 0.524. The third-order valence-electron chi connectivity index (χ3n) is 3.24. The second-order valence-corrected chi connectivity index (χ2v) is 4.80. The molecule has 0 heterocycles. The van der Waals surface area contributed by atoms with Crippen LogP contribution in [0.5, 0.6) is 5.75 Å². The van der Waals surface area contributed by atoms with E-state index < -0.39 is 0 Å². The number of benzene rings is 2. The first-order chi connectivity index (χ1) is 9.72. The van der Waals surface area contributed by atoms with Crippen molar-refractivity contribution in [1.82, 2.24) is 0 Å². The standard InChI is InChI=1S/C17H20FNO/c1-2-3-13-4-8-17(9-5-13)20-12-15-10-16(18)7-6-14(15)11-19/h4-10H,2-3,11-12,19H2,1H3. The second-order valence-electron chi connectivity index (χ2n) is 4.80. The molecule has 3 heteroatoms. The van der Waals surface area contributed by atoms with Crippen molar-refractivity contribution in [3.63, 3.8) is 0 Å². The van der Waals surface area contributed by atoms with Gasteiger partial charge in [0.2, 0.25) is 0 Å². The van der Waals surface area contributed by atoms with Crippen LogP contribution < -0.4 is 10.5 Å². The maximum Gasteiger partial charge on any atom is 0.123 e. The van der Waals surface area contributed by atoms with Crippen LogP contribution in [0.3, 0.4) is 0 Å². The predicted octanol–water partition coefficient (Wildman–Crippen LogP) is 3.82. The molecule has 106 valence electrons. The summed E-state index contributed by atoms with van der Waals surface area (Å²) in [6.07, 6.45) is 2.20. The molecule has 0 aliphatic carbocycles. The van der Waals surface area contributed by atoms with Crippen molar-refractivity contribution in [2.24, 2.45) is 5.73 Å².